The van der Waals surface area contributed by atoms with E-state index in [0.717, 1.165) is 27.6 Å². The van der Waals surface area contributed by atoms with Gasteiger partial charge >= 0.3 is 0 Å². The first kappa shape index (κ1) is 21.5. The lowest BCUT2D eigenvalue weighted by Crippen LogP contribution is -2.33. The van der Waals surface area contributed by atoms with Crippen molar-refractivity contribution in [2.45, 2.75) is 26.3 Å². The molecule has 5 heteroatoms. The molecular formula is C25H29NO4. The lowest BCUT2D eigenvalue weighted by atomic mass is 9.96. The van der Waals surface area contributed by atoms with Crippen LogP contribution in [0.15, 0.2) is 54.6 Å². The van der Waals surface area contributed by atoms with Crippen molar-refractivity contribution < 1.29 is 19.0 Å². The Balaban J connectivity index is 1.80. The fourth-order valence-electron chi connectivity index (χ4n) is 3.60. The molecule has 0 aliphatic rings. The first-order valence-corrected chi connectivity index (χ1v) is 10.1. The average Bonchev–Trinajstić information content (AvgIpc) is 2.80. The summed E-state index contributed by atoms with van der Waals surface area (Å²) in [5.74, 6) is 2.02. The molecule has 0 radical (unpaired) electrons. The molecule has 1 amide bonds. The van der Waals surface area contributed by atoms with Crippen LogP contribution in [-0.2, 0) is 11.3 Å². The van der Waals surface area contributed by atoms with E-state index >= 15 is 0 Å². The summed E-state index contributed by atoms with van der Waals surface area (Å²) in [6.45, 7) is 5.11. The van der Waals surface area contributed by atoms with Crippen molar-refractivity contribution in [3.05, 3.63) is 65.7 Å². The predicted molar refractivity (Wildman–Crippen MR) is 120 cm³/mol. The van der Waals surface area contributed by atoms with Crippen molar-refractivity contribution in [1.82, 2.24) is 4.90 Å². The van der Waals surface area contributed by atoms with Gasteiger partial charge in [-0.2, -0.15) is 0 Å². The Morgan fingerprint density at radius 3 is 2.23 bits per heavy atom. The summed E-state index contributed by atoms with van der Waals surface area (Å²) in [5, 5.41) is 2.19. The Kier molecular flexibility index (Phi) is 6.83. The molecule has 0 aliphatic heterocycles. The molecule has 0 N–H and O–H groups in total. The van der Waals surface area contributed by atoms with Crippen molar-refractivity contribution in [2.24, 2.45) is 0 Å². The smallest absolute Gasteiger partial charge is 0.230 e. The second-order valence-corrected chi connectivity index (χ2v) is 7.24. The first-order chi connectivity index (χ1) is 14.5. The van der Waals surface area contributed by atoms with Gasteiger partial charge in [0.2, 0.25) is 5.91 Å². The van der Waals surface area contributed by atoms with Crippen LogP contribution in [0.4, 0.5) is 0 Å². The maximum atomic E-state index is 13.2. The van der Waals surface area contributed by atoms with E-state index in [2.05, 4.69) is 6.07 Å². The minimum absolute atomic E-state index is 0.0974. The standard InChI is InChI=1S/C25H29NO4/c1-6-26(16-18-7-12-23(29-4)24(13-18)30-5)25(27)17(2)19-8-9-21-15-22(28-3)11-10-20(21)14-19/h7-15,17H,6,16H2,1-5H3. The number of fused-ring (bicyclic) bond motifs is 1. The number of benzene rings is 3. The molecule has 158 valence electrons. The molecule has 0 saturated carbocycles. The molecule has 3 aromatic carbocycles. The van der Waals surface area contributed by atoms with Crippen LogP contribution in [0.2, 0.25) is 0 Å². The molecule has 0 spiro atoms. The zero-order valence-electron chi connectivity index (χ0n) is 18.3. The Hall–Kier alpha value is -3.21. The number of hydrogen-bond donors (Lipinski definition) is 0. The van der Waals surface area contributed by atoms with Gasteiger partial charge in [0, 0.05) is 13.1 Å². The average molecular weight is 408 g/mol. The maximum Gasteiger partial charge on any atom is 0.230 e. The van der Waals surface area contributed by atoms with E-state index in [1.54, 1.807) is 21.3 Å². The van der Waals surface area contributed by atoms with Gasteiger partial charge in [0.1, 0.15) is 5.75 Å². The number of amides is 1. The van der Waals surface area contributed by atoms with Gasteiger partial charge in [-0.25, -0.2) is 0 Å². The highest BCUT2D eigenvalue weighted by Gasteiger charge is 2.22. The molecule has 0 bridgehead atoms. The maximum absolute atomic E-state index is 13.2. The summed E-state index contributed by atoms with van der Waals surface area (Å²) in [6, 6.07) is 17.9. The van der Waals surface area contributed by atoms with Gasteiger partial charge in [-0.05, 0) is 60.0 Å². The molecule has 30 heavy (non-hydrogen) atoms. The Morgan fingerprint density at radius 1 is 0.867 bits per heavy atom. The minimum Gasteiger partial charge on any atom is -0.497 e. The molecule has 0 fully saturated rings. The predicted octanol–water partition coefficient (Wildman–Crippen LogP) is 5.02. The topological polar surface area (TPSA) is 48.0 Å². The fourth-order valence-corrected chi connectivity index (χ4v) is 3.60. The Morgan fingerprint density at radius 2 is 1.57 bits per heavy atom. The number of rotatable bonds is 8. The van der Waals surface area contributed by atoms with E-state index in [0.29, 0.717) is 24.6 Å². The van der Waals surface area contributed by atoms with E-state index in [1.165, 1.54) is 0 Å². The summed E-state index contributed by atoms with van der Waals surface area (Å²) < 4.78 is 16.0. The van der Waals surface area contributed by atoms with Gasteiger partial charge in [-0.3, -0.25) is 4.79 Å². The van der Waals surface area contributed by atoms with E-state index < -0.39 is 0 Å². The number of hydrogen-bond acceptors (Lipinski definition) is 4. The number of ether oxygens (including phenoxy) is 3. The van der Waals surface area contributed by atoms with E-state index in [1.807, 2.05) is 67.3 Å². The van der Waals surface area contributed by atoms with Gasteiger partial charge in [0.15, 0.2) is 11.5 Å². The molecule has 3 aromatic rings. The quantitative estimate of drug-likeness (QED) is 0.526. The van der Waals surface area contributed by atoms with Gasteiger partial charge in [-0.15, -0.1) is 0 Å². The van der Waals surface area contributed by atoms with Gasteiger partial charge in [0.05, 0.1) is 27.2 Å². The third-order valence-electron chi connectivity index (χ3n) is 5.46. The van der Waals surface area contributed by atoms with Crippen LogP contribution in [-0.4, -0.2) is 38.7 Å². The van der Waals surface area contributed by atoms with Crippen molar-refractivity contribution in [1.29, 1.82) is 0 Å². The van der Waals surface area contributed by atoms with E-state index in [4.69, 9.17) is 14.2 Å². The fraction of sp³-hybridized carbons (Fsp3) is 0.320. The molecule has 1 unspecified atom stereocenters. The second-order valence-electron chi connectivity index (χ2n) is 7.24. The highest BCUT2D eigenvalue weighted by Crippen LogP contribution is 2.29. The number of nitrogens with zero attached hydrogens (tertiary/aromatic N) is 1. The zero-order valence-corrected chi connectivity index (χ0v) is 18.3. The Bertz CT molecular complexity index is 1030. The normalized spacial score (nSPS) is 11.8. The molecule has 0 heterocycles. The number of carbonyl (C=O) groups is 1. The van der Waals surface area contributed by atoms with Crippen molar-refractivity contribution in [2.75, 3.05) is 27.9 Å². The number of likely N-dealkylation sites (N-methyl/N-ethyl adjacent to an activating group) is 1. The van der Waals surface area contributed by atoms with Crippen LogP contribution in [0.3, 0.4) is 0 Å². The summed E-state index contributed by atoms with van der Waals surface area (Å²) in [4.78, 5) is 15.1. The third kappa shape index (κ3) is 4.51. The molecule has 1 atom stereocenters. The SMILES string of the molecule is CCN(Cc1ccc(OC)c(OC)c1)C(=O)C(C)c1ccc2cc(OC)ccc2c1. The van der Waals surface area contributed by atoms with Gasteiger partial charge < -0.3 is 19.1 Å². The monoisotopic (exact) mass is 407 g/mol. The lowest BCUT2D eigenvalue weighted by molar-refractivity contribution is -0.132. The molecule has 3 rings (SSSR count). The summed E-state index contributed by atoms with van der Waals surface area (Å²) in [7, 11) is 4.89. The van der Waals surface area contributed by atoms with E-state index in [-0.39, 0.29) is 11.8 Å². The molecule has 0 saturated heterocycles. The highest BCUT2D eigenvalue weighted by molar-refractivity contribution is 5.88. The van der Waals surface area contributed by atoms with Crippen LogP contribution in [0.25, 0.3) is 10.8 Å². The summed E-state index contributed by atoms with van der Waals surface area (Å²) in [6.07, 6.45) is 0. The van der Waals surface area contributed by atoms with Crippen molar-refractivity contribution in [3.63, 3.8) is 0 Å². The number of carbonyl (C=O) groups excluding carboxylic acids is 1. The minimum atomic E-state index is -0.239. The van der Waals surface area contributed by atoms with Crippen molar-refractivity contribution >= 4 is 16.7 Å². The summed E-state index contributed by atoms with van der Waals surface area (Å²) in [5.41, 5.74) is 2.00. The second kappa shape index (κ2) is 9.53. The largest absolute Gasteiger partial charge is 0.497 e. The van der Waals surface area contributed by atoms with Crippen LogP contribution in [0.5, 0.6) is 17.2 Å². The van der Waals surface area contributed by atoms with Crippen LogP contribution >= 0.6 is 0 Å². The van der Waals surface area contributed by atoms with Crippen molar-refractivity contribution in [3.8, 4) is 17.2 Å². The highest BCUT2D eigenvalue weighted by atomic mass is 16.5. The van der Waals surface area contributed by atoms with E-state index in [9.17, 15) is 4.79 Å². The molecule has 0 aromatic heterocycles. The summed E-state index contributed by atoms with van der Waals surface area (Å²) >= 11 is 0. The van der Waals surface area contributed by atoms with Gasteiger partial charge in [0.25, 0.3) is 0 Å². The molecule has 5 nitrogen and oxygen atoms in total. The van der Waals surface area contributed by atoms with Crippen LogP contribution in [0, 0.1) is 0 Å². The first-order valence-electron chi connectivity index (χ1n) is 10.1. The van der Waals surface area contributed by atoms with Gasteiger partial charge in [-0.1, -0.05) is 30.3 Å². The zero-order chi connectivity index (χ0) is 21.7. The number of methoxy groups -OCH3 is 3. The third-order valence-corrected chi connectivity index (χ3v) is 5.46. The molecular weight excluding hydrogens is 378 g/mol. The lowest BCUT2D eigenvalue weighted by Gasteiger charge is -2.25. The molecule has 0 aliphatic carbocycles. The Labute approximate surface area is 178 Å². The van der Waals surface area contributed by atoms with Crippen LogP contribution in [0.1, 0.15) is 30.9 Å². The van der Waals surface area contributed by atoms with Crippen LogP contribution < -0.4 is 14.2 Å².